The van der Waals surface area contributed by atoms with Crippen LogP contribution in [-0.4, -0.2) is 23.2 Å². The molecular weight excluding hydrogens is 380 g/mol. The number of hydrogen-bond acceptors (Lipinski definition) is 3. The lowest BCUT2D eigenvalue weighted by Gasteiger charge is -2.26. The van der Waals surface area contributed by atoms with Crippen LogP contribution >= 0.6 is 11.6 Å². The Morgan fingerprint density at radius 3 is 2.32 bits per heavy atom. The Balaban J connectivity index is 1.53. The quantitative estimate of drug-likeness (QED) is 0.575. The van der Waals surface area contributed by atoms with Crippen LogP contribution in [0.25, 0.3) is 0 Å². The molecular formula is C21H23ClN2O4. The van der Waals surface area contributed by atoms with Gasteiger partial charge in [0.2, 0.25) is 0 Å². The van der Waals surface area contributed by atoms with Crippen LogP contribution in [0.1, 0.15) is 37.2 Å². The van der Waals surface area contributed by atoms with Crippen molar-refractivity contribution >= 4 is 35.0 Å². The molecule has 1 saturated carbocycles. The van der Waals surface area contributed by atoms with Crippen LogP contribution in [0.15, 0.2) is 48.5 Å². The van der Waals surface area contributed by atoms with Crippen LogP contribution < -0.4 is 15.4 Å². The molecule has 0 atom stereocenters. The fourth-order valence-corrected chi connectivity index (χ4v) is 3.66. The second-order valence-corrected chi connectivity index (χ2v) is 7.09. The first-order valence-electron chi connectivity index (χ1n) is 9.24. The lowest BCUT2D eigenvalue weighted by atomic mass is 9.79. The van der Waals surface area contributed by atoms with E-state index >= 15 is 0 Å². The fraction of sp³-hybridized carbons (Fsp3) is 0.333. The molecule has 1 aliphatic carbocycles. The van der Waals surface area contributed by atoms with Crippen molar-refractivity contribution < 1.29 is 19.4 Å². The van der Waals surface area contributed by atoms with Crippen molar-refractivity contribution in [1.82, 2.24) is 0 Å². The third-order valence-electron chi connectivity index (χ3n) is 5.03. The number of anilines is 2. The van der Waals surface area contributed by atoms with Crippen molar-refractivity contribution in [3.05, 3.63) is 54.1 Å². The third-order valence-corrected chi connectivity index (χ3v) is 5.14. The first-order valence-corrected chi connectivity index (χ1v) is 9.78. The lowest BCUT2D eigenvalue weighted by molar-refractivity contribution is -0.142. The predicted molar refractivity (Wildman–Crippen MR) is 109 cm³/mol. The van der Waals surface area contributed by atoms with Crippen LogP contribution in [0.5, 0.6) is 5.75 Å². The number of amides is 2. The molecule has 0 bridgehead atoms. The summed E-state index contributed by atoms with van der Waals surface area (Å²) in [6, 6.07) is 14.4. The fourth-order valence-electron chi connectivity index (χ4n) is 3.53. The summed E-state index contributed by atoms with van der Waals surface area (Å²) in [6.07, 6.45) is 3.19. The van der Waals surface area contributed by atoms with E-state index in [1.54, 1.807) is 24.3 Å². The molecule has 0 radical (unpaired) electrons. The Bertz CT molecular complexity index is 817. The summed E-state index contributed by atoms with van der Waals surface area (Å²) in [6.45, 7) is 0. The Labute approximate surface area is 168 Å². The van der Waals surface area contributed by atoms with Gasteiger partial charge in [-0.1, -0.05) is 29.8 Å². The van der Waals surface area contributed by atoms with E-state index in [1.807, 2.05) is 24.3 Å². The number of urea groups is 1. The summed E-state index contributed by atoms with van der Waals surface area (Å²) < 4.78 is 5.20. The van der Waals surface area contributed by atoms with Gasteiger partial charge in [0, 0.05) is 17.4 Å². The first-order chi connectivity index (χ1) is 13.5. The molecule has 0 unspecified atom stereocenters. The number of carbonyl (C=O) groups excluding carboxylic acids is 1. The number of halogens is 1. The zero-order valence-corrected chi connectivity index (χ0v) is 16.1. The van der Waals surface area contributed by atoms with Crippen LogP contribution in [0.2, 0.25) is 0 Å². The smallest absolute Gasteiger partial charge is 0.323 e. The minimum atomic E-state index is -0.691. The van der Waals surface area contributed by atoms with Gasteiger partial charge in [-0.05, 0) is 61.4 Å². The number of carboxylic acid groups (broad SMARTS) is 1. The largest absolute Gasteiger partial charge is 0.481 e. The van der Waals surface area contributed by atoms with Crippen LogP contribution in [0, 0.1) is 5.92 Å². The van der Waals surface area contributed by atoms with E-state index in [2.05, 4.69) is 10.6 Å². The number of ether oxygens (including phenoxy) is 1. The Morgan fingerprint density at radius 1 is 1.00 bits per heavy atom. The predicted octanol–water partition coefficient (Wildman–Crippen LogP) is 5.26. The number of alkyl halides is 1. The van der Waals surface area contributed by atoms with Crippen molar-refractivity contribution in [2.75, 3.05) is 16.7 Å². The summed E-state index contributed by atoms with van der Waals surface area (Å²) in [5.41, 5.74) is 2.47. The van der Waals surface area contributed by atoms with Crippen LogP contribution in [0.4, 0.5) is 16.2 Å². The van der Waals surface area contributed by atoms with Gasteiger partial charge in [-0.25, -0.2) is 4.79 Å². The zero-order valence-electron chi connectivity index (χ0n) is 15.4. The second-order valence-electron chi connectivity index (χ2n) is 6.87. The van der Waals surface area contributed by atoms with Gasteiger partial charge in [0.15, 0.2) is 6.07 Å². The minimum absolute atomic E-state index is 0.0416. The molecule has 0 spiro atoms. The number of nitrogens with one attached hydrogen (secondary N) is 2. The summed E-state index contributed by atoms with van der Waals surface area (Å²) >= 11 is 5.54. The van der Waals surface area contributed by atoms with E-state index in [1.165, 1.54) is 5.56 Å². The van der Waals surface area contributed by atoms with E-state index in [0.29, 0.717) is 23.0 Å². The Hall–Kier alpha value is -2.73. The first kappa shape index (κ1) is 20.0. The average molecular weight is 403 g/mol. The standard InChI is InChI=1S/C21H23ClN2O4/c22-13-28-19-3-1-2-18(12-19)24-21(27)23-17-10-8-15(9-11-17)14-4-6-16(7-5-14)20(25)26/h1-3,8-12,14,16H,4-7,13H2,(H,25,26)(H2,23,24,27). The summed E-state index contributed by atoms with van der Waals surface area (Å²) in [4.78, 5) is 23.3. The number of benzene rings is 2. The monoisotopic (exact) mass is 402 g/mol. The van der Waals surface area contributed by atoms with E-state index in [4.69, 9.17) is 21.4 Å². The zero-order chi connectivity index (χ0) is 19.9. The van der Waals surface area contributed by atoms with Crippen molar-refractivity contribution in [3.63, 3.8) is 0 Å². The molecule has 6 nitrogen and oxygen atoms in total. The molecule has 3 N–H and O–H groups in total. The Morgan fingerprint density at radius 2 is 1.68 bits per heavy atom. The molecule has 0 heterocycles. The van der Waals surface area contributed by atoms with Gasteiger partial charge in [-0.15, -0.1) is 0 Å². The molecule has 148 valence electrons. The maximum absolute atomic E-state index is 12.2. The molecule has 7 heteroatoms. The number of carbonyl (C=O) groups is 2. The van der Waals surface area contributed by atoms with E-state index in [0.717, 1.165) is 25.7 Å². The number of aliphatic carboxylic acids is 1. The van der Waals surface area contributed by atoms with Gasteiger partial charge in [-0.2, -0.15) is 0 Å². The summed E-state index contributed by atoms with van der Waals surface area (Å²) in [5.74, 6) is 0.0518. The minimum Gasteiger partial charge on any atom is -0.481 e. The maximum atomic E-state index is 12.2. The molecule has 2 aromatic rings. The molecule has 1 fully saturated rings. The van der Waals surface area contributed by atoms with Crippen molar-refractivity contribution in [2.45, 2.75) is 31.6 Å². The highest BCUT2D eigenvalue weighted by atomic mass is 35.5. The van der Waals surface area contributed by atoms with Crippen molar-refractivity contribution in [3.8, 4) is 5.75 Å². The Kier molecular flexibility index (Phi) is 6.76. The molecule has 0 saturated heterocycles. The van der Waals surface area contributed by atoms with Gasteiger partial charge >= 0.3 is 12.0 Å². The molecule has 0 aromatic heterocycles. The van der Waals surface area contributed by atoms with E-state index in [9.17, 15) is 9.59 Å². The molecule has 28 heavy (non-hydrogen) atoms. The normalized spacial score (nSPS) is 18.9. The third kappa shape index (κ3) is 5.39. The highest BCUT2D eigenvalue weighted by molar-refractivity contribution is 6.17. The summed E-state index contributed by atoms with van der Waals surface area (Å²) in [5, 5.41) is 14.7. The molecule has 3 rings (SSSR count). The highest BCUT2D eigenvalue weighted by Gasteiger charge is 2.26. The number of hydrogen-bond donors (Lipinski definition) is 3. The van der Waals surface area contributed by atoms with Gasteiger partial charge in [-0.3, -0.25) is 4.79 Å². The second kappa shape index (κ2) is 9.46. The number of rotatable bonds is 6. The van der Waals surface area contributed by atoms with E-state index < -0.39 is 5.97 Å². The van der Waals surface area contributed by atoms with Gasteiger partial charge in [0.25, 0.3) is 0 Å². The van der Waals surface area contributed by atoms with E-state index in [-0.39, 0.29) is 18.0 Å². The molecule has 1 aliphatic rings. The lowest BCUT2D eigenvalue weighted by Crippen LogP contribution is -2.21. The highest BCUT2D eigenvalue weighted by Crippen LogP contribution is 2.36. The van der Waals surface area contributed by atoms with Crippen LogP contribution in [0.3, 0.4) is 0 Å². The maximum Gasteiger partial charge on any atom is 0.323 e. The topological polar surface area (TPSA) is 87.7 Å². The molecule has 2 aromatic carbocycles. The van der Waals surface area contributed by atoms with Gasteiger partial charge in [0.05, 0.1) is 5.92 Å². The SMILES string of the molecule is O=C(Nc1ccc(C2CCC(C(=O)O)CC2)cc1)Nc1cccc(OCCl)c1. The number of carboxylic acids is 1. The van der Waals surface area contributed by atoms with Crippen LogP contribution in [-0.2, 0) is 4.79 Å². The average Bonchev–Trinajstić information content (AvgIpc) is 2.69. The van der Waals surface area contributed by atoms with Gasteiger partial charge in [0.1, 0.15) is 5.75 Å². The summed E-state index contributed by atoms with van der Waals surface area (Å²) in [7, 11) is 0. The van der Waals surface area contributed by atoms with Gasteiger partial charge < -0.3 is 20.5 Å². The van der Waals surface area contributed by atoms with Crippen molar-refractivity contribution in [1.29, 1.82) is 0 Å². The molecule has 2 amide bonds. The van der Waals surface area contributed by atoms with Crippen molar-refractivity contribution in [2.24, 2.45) is 5.92 Å². The molecule has 0 aliphatic heterocycles.